The molecular weight excluding hydrogens is 733 g/mol. The number of rotatable bonds is 9. The first-order valence-corrected chi connectivity index (χ1v) is 18.6. The molecule has 4 aliphatic rings. The molecule has 3 N–H and O–H groups in total. The molecule has 0 aromatic heterocycles. The van der Waals surface area contributed by atoms with Crippen LogP contribution < -0.4 is 10.4 Å². The molecule has 2 saturated carbocycles. The summed E-state index contributed by atoms with van der Waals surface area (Å²) >= 11 is 0. The second-order valence-electron chi connectivity index (χ2n) is 15.7. The van der Waals surface area contributed by atoms with Crippen LogP contribution in [-0.2, 0) is 42.6 Å². The summed E-state index contributed by atoms with van der Waals surface area (Å²) in [6.45, 7) is 8.12. The largest absolute Gasteiger partial charge is 0.843 e. The molecule has 0 radical (unpaired) electrons. The highest BCUT2D eigenvalue weighted by Crippen LogP contribution is 2.64. The van der Waals surface area contributed by atoms with E-state index in [-0.39, 0.29) is 29.7 Å². The van der Waals surface area contributed by atoms with Crippen LogP contribution in [-0.4, -0.2) is 94.2 Å². The van der Waals surface area contributed by atoms with Gasteiger partial charge >= 0.3 is 17.9 Å². The van der Waals surface area contributed by atoms with Gasteiger partial charge in [0.1, 0.15) is 29.7 Å². The highest BCUT2D eigenvalue weighted by Gasteiger charge is 2.77. The summed E-state index contributed by atoms with van der Waals surface area (Å²) in [6, 6.07) is 15.4. The lowest BCUT2D eigenvalue weighted by Crippen LogP contribution is -2.82. The molecular formula is C40H47NO13P-. The van der Waals surface area contributed by atoms with Gasteiger partial charge in [0.15, 0.2) is 11.7 Å². The number of Topliss-reactive ketones (excluding diaryl/α,β-unsaturated/α-hetero) is 1. The number of nitrogens with one attached hydrogen (secondary N) is 1. The van der Waals surface area contributed by atoms with Crippen molar-refractivity contribution in [2.24, 2.45) is 16.7 Å². The maximum atomic E-state index is 14.9. The summed E-state index contributed by atoms with van der Waals surface area (Å²) in [4.78, 5) is 68.2. The number of carbonyl (C=O) groups is 5. The molecule has 55 heavy (non-hydrogen) atoms. The van der Waals surface area contributed by atoms with Crippen molar-refractivity contribution < 1.29 is 62.8 Å². The van der Waals surface area contributed by atoms with E-state index in [9.17, 15) is 39.3 Å². The first-order chi connectivity index (χ1) is 25.8. The number of aliphatic hydroxyl groups excluding tert-OH is 1. The summed E-state index contributed by atoms with van der Waals surface area (Å²) in [5.74, 6) is -5.61. The van der Waals surface area contributed by atoms with Crippen LogP contribution in [0.4, 0.5) is 0 Å². The molecule has 6 rings (SSSR count). The second-order valence-corrected chi connectivity index (χ2v) is 16.0. The van der Waals surface area contributed by atoms with Gasteiger partial charge in [0, 0.05) is 41.6 Å². The SMILES string of the molecule is CC(=O)NC(c1ccccc1)C(OP)C(=O)OC1CC2(O)C(OC(=O)c3ccccc3)C3C4(OC(C)=O)COC4CC(O)C3(C)C(=O)C([O-])C(=C1C)C2(C)C. The van der Waals surface area contributed by atoms with E-state index in [4.69, 9.17) is 23.5 Å². The molecule has 1 amide bonds. The van der Waals surface area contributed by atoms with Gasteiger partial charge in [-0.3, -0.25) is 14.4 Å². The number of fused-ring (bicyclic) bond motifs is 5. The molecule has 296 valence electrons. The molecule has 3 fully saturated rings. The van der Waals surface area contributed by atoms with Crippen molar-refractivity contribution in [3.63, 3.8) is 0 Å². The number of ether oxygens (including phenoxy) is 4. The monoisotopic (exact) mass is 780 g/mol. The van der Waals surface area contributed by atoms with Crippen LogP contribution in [0, 0.1) is 16.7 Å². The summed E-state index contributed by atoms with van der Waals surface area (Å²) < 4.78 is 29.7. The normalized spacial score (nSPS) is 34.6. The van der Waals surface area contributed by atoms with Gasteiger partial charge < -0.3 is 44.1 Å². The third-order valence-electron chi connectivity index (χ3n) is 12.4. The number of carbonyl (C=O) groups excluding carboxylic acids is 5. The molecule has 2 aromatic rings. The van der Waals surface area contributed by atoms with Crippen molar-refractivity contribution in [3.8, 4) is 0 Å². The average molecular weight is 781 g/mol. The van der Waals surface area contributed by atoms with Crippen LogP contribution in [0.25, 0.3) is 0 Å². The summed E-state index contributed by atoms with van der Waals surface area (Å²) in [5.41, 5.74) is -7.06. The summed E-state index contributed by atoms with van der Waals surface area (Å²) in [6.07, 6.45) is -10.0. The van der Waals surface area contributed by atoms with Crippen LogP contribution >= 0.6 is 9.47 Å². The van der Waals surface area contributed by atoms with Gasteiger partial charge in [0.25, 0.3) is 0 Å². The molecule has 2 aromatic carbocycles. The second kappa shape index (κ2) is 14.8. The molecule has 1 aliphatic heterocycles. The van der Waals surface area contributed by atoms with E-state index < -0.39 is 107 Å². The van der Waals surface area contributed by atoms with Crippen LogP contribution in [0.5, 0.6) is 0 Å². The van der Waals surface area contributed by atoms with Crippen LogP contribution in [0.15, 0.2) is 71.8 Å². The Morgan fingerprint density at radius 3 is 2.16 bits per heavy atom. The third kappa shape index (κ3) is 6.50. The number of benzene rings is 2. The maximum absolute atomic E-state index is 14.9. The number of hydrogen-bond donors (Lipinski definition) is 3. The lowest BCUT2D eigenvalue weighted by atomic mass is 9.44. The number of ketones is 1. The molecule has 12 unspecified atom stereocenters. The van der Waals surface area contributed by atoms with Crippen molar-refractivity contribution in [1.29, 1.82) is 0 Å². The van der Waals surface area contributed by atoms with Gasteiger partial charge in [-0.15, -0.1) is 0 Å². The van der Waals surface area contributed by atoms with Gasteiger partial charge in [0.05, 0.1) is 35.6 Å². The highest BCUT2D eigenvalue weighted by atomic mass is 31.0. The van der Waals surface area contributed by atoms with E-state index in [1.54, 1.807) is 48.5 Å². The number of amides is 1. The van der Waals surface area contributed by atoms with Gasteiger partial charge in [-0.2, -0.15) is 0 Å². The molecule has 15 heteroatoms. The average Bonchev–Trinajstić information content (AvgIpc) is 3.13. The van der Waals surface area contributed by atoms with Crippen molar-refractivity contribution in [2.75, 3.05) is 6.61 Å². The highest BCUT2D eigenvalue weighted by molar-refractivity contribution is 7.09. The molecule has 14 nitrogen and oxygen atoms in total. The standard InChI is InChI=1S/C40H47NO13P/c1-20-25(51-36(48)31(54-55)29(41-21(2)42)23-13-9-7-10-14-23)18-40(49)34(52-35(47)24-15-11-8-12-16-24)32-38(6,33(46)30(45)28(20)37(40,4)5)26(44)17-27-39(32,19-50-27)53-22(3)43/h7-16,25-27,29-32,34,44,49H,17-19,55H2,1-6H3,(H,41,42)/q-1. The molecule has 0 spiro atoms. The third-order valence-corrected chi connectivity index (χ3v) is 12.6. The minimum Gasteiger partial charge on any atom is -0.843 e. The predicted molar refractivity (Wildman–Crippen MR) is 194 cm³/mol. The molecule has 1 saturated heterocycles. The zero-order valence-corrected chi connectivity index (χ0v) is 32.6. The fraction of sp³-hybridized carbons (Fsp3) is 0.525. The number of aliphatic hydroxyl groups is 2. The Labute approximate surface area is 321 Å². The zero-order chi connectivity index (χ0) is 40.2. The van der Waals surface area contributed by atoms with E-state index in [0.717, 1.165) is 6.92 Å². The Balaban J connectivity index is 1.53. The van der Waals surface area contributed by atoms with Crippen LogP contribution in [0.3, 0.4) is 0 Å². The van der Waals surface area contributed by atoms with Crippen molar-refractivity contribution in [3.05, 3.63) is 82.9 Å². The first kappa shape index (κ1) is 40.6. The van der Waals surface area contributed by atoms with Crippen molar-refractivity contribution >= 4 is 39.1 Å². The molecule has 1 heterocycles. The maximum Gasteiger partial charge on any atom is 0.338 e. The summed E-state index contributed by atoms with van der Waals surface area (Å²) in [5, 5.41) is 42.7. The number of esters is 3. The molecule has 3 aliphatic carbocycles. The smallest absolute Gasteiger partial charge is 0.338 e. The summed E-state index contributed by atoms with van der Waals surface area (Å²) in [7, 11) is 2.00. The van der Waals surface area contributed by atoms with E-state index in [1.807, 2.05) is 9.47 Å². The Morgan fingerprint density at radius 1 is 1.00 bits per heavy atom. The Bertz CT molecular complexity index is 1890. The molecule has 12 atom stereocenters. The van der Waals surface area contributed by atoms with E-state index in [0.29, 0.717) is 5.56 Å². The minimum atomic E-state index is -2.33. The zero-order valence-electron chi connectivity index (χ0n) is 31.5. The Hall–Kier alpha value is -4.04. The topological polar surface area (TPSA) is 207 Å². The van der Waals surface area contributed by atoms with Crippen LogP contribution in [0.1, 0.15) is 76.3 Å². The molecule has 2 bridgehead atoms. The minimum absolute atomic E-state index is 0.0936. The van der Waals surface area contributed by atoms with Gasteiger partial charge in [-0.25, -0.2) is 9.59 Å². The van der Waals surface area contributed by atoms with Crippen molar-refractivity contribution in [1.82, 2.24) is 5.32 Å². The fourth-order valence-electron chi connectivity index (χ4n) is 9.43. The fourth-order valence-corrected chi connectivity index (χ4v) is 9.70. The Kier molecular flexibility index (Phi) is 10.9. The van der Waals surface area contributed by atoms with Gasteiger partial charge in [-0.1, -0.05) is 68.0 Å². The quantitative estimate of drug-likeness (QED) is 0.144. The van der Waals surface area contributed by atoms with Crippen molar-refractivity contribution in [2.45, 2.75) is 108 Å². The van der Waals surface area contributed by atoms with E-state index in [1.165, 1.54) is 46.8 Å². The van der Waals surface area contributed by atoms with Crippen LogP contribution in [0.2, 0.25) is 0 Å². The van der Waals surface area contributed by atoms with Gasteiger partial charge in [0.2, 0.25) is 5.91 Å². The van der Waals surface area contributed by atoms with E-state index in [2.05, 4.69) is 5.32 Å². The number of hydrogen-bond acceptors (Lipinski definition) is 13. The Morgan fingerprint density at radius 2 is 1.62 bits per heavy atom. The predicted octanol–water partition coefficient (Wildman–Crippen LogP) is 2.05. The van der Waals surface area contributed by atoms with E-state index >= 15 is 0 Å². The lowest BCUT2D eigenvalue weighted by Gasteiger charge is -2.68. The first-order valence-electron chi connectivity index (χ1n) is 18.1. The lowest BCUT2D eigenvalue weighted by molar-refractivity contribution is -0.407. The van der Waals surface area contributed by atoms with Gasteiger partial charge in [-0.05, 0) is 43.2 Å².